The fraction of sp³-hybridized carbons (Fsp3) is 0.0465. The van der Waals surface area contributed by atoms with E-state index >= 15 is 0 Å². The van der Waals surface area contributed by atoms with E-state index in [0.29, 0.717) is 17.5 Å². The Morgan fingerprint density at radius 2 is 1.15 bits per heavy atom. The molecule has 0 saturated carbocycles. The Kier molecular flexibility index (Phi) is 6.14. The number of para-hydroxylation sites is 1. The van der Waals surface area contributed by atoms with Crippen molar-refractivity contribution in [2.24, 2.45) is 11.8 Å². The summed E-state index contributed by atoms with van der Waals surface area (Å²) < 4.78 is 8.72. The third kappa shape index (κ3) is 4.25. The van der Waals surface area contributed by atoms with Gasteiger partial charge in [0, 0.05) is 59.5 Å². The van der Waals surface area contributed by atoms with Crippen LogP contribution in [0.4, 0.5) is 0 Å². The molecule has 2 aliphatic carbocycles. The molecule has 0 N–H and O–H groups in total. The Bertz CT molecular complexity index is 2710. The first-order valence-corrected chi connectivity index (χ1v) is 17.0. The molecule has 0 spiro atoms. The van der Waals surface area contributed by atoms with Crippen LogP contribution in [0.2, 0.25) is 0 Å². The summed E-state index contributed by atoms with van der Waals surface area (Å²) in [6.07, 6.45) is 15.3. The molecule has 2 atom stereocenters. The largest absolute Gasteiger partial charge is 0.456 e. The quantitative estimate of drug-likeness (QED) is 0.193. The summed E-state index contributed by atoms with van der Waals surface area (Å²) in [5.41, 5.74) is 6.93. The third-order valence-electron chi connectivity index (χ3n) is 9.55. The molecule has 4 nitrogen and oxygen atoms in total. The Morgan fingerprint density at radius 1 is 0.500 bits per heavy atom. The Balaban J connectivity index is 1.23. The molecule has 0 amide bonds. The van der Waals surface area contributed by atoms with Gasteiger partial charge in [0.15, 0.2) is 17.5 Å². The van der Waals surface area contributed by atoms with Crippen LogP contribution in [0.5, 0.6) is 0 Å². The van der Waals surface area contributed by atoms with Crippen LogP contribution < -0.4 is 0 Å². The number of fused-ring (bicyclic) bond motifs is 7. The molecule has 8 aromatic rings. The van der Waals surface area contributed by atoms with Gasteiger partial charge in [0.05, 0.1) is 0 Å². The minimum atomic E-state index is 0.157. The van der Waals surface area contributed by atoms with Crippen LogP contribution in [0.15, 0.2) is 156 Å². The molecule has 2 unspecified atom stereocenters. The maximum Gasteiger partial charge on any atom is 0.165 e. The van der Waals surface area contributed by atoms with Gasteiger partial charge in [-0.25, -0.2) is 15.0 Å². The molecule has 0 radical (unpaired) electrons. The Labute approximate surface area is 280 Å². The van der Waals surface area contributed by atoms with E-state index in [0.717, 1.165) is 49.8 Å². The van der Waals surface area contributed by atoms with Gasteiger partial charge in [-0.05, 0) is 35.4 Å². The van der Waals surface area contributed by atoms with E-state index in [1.807, 2.05) is 18.2 Å². The van der Waals surface area contributed by atoms with E-state index in [1.54, 1.807) is 11.3 Å². The van der Waals surface area contributed by atoms with Crippen molar-refractivity contribution < 1.29 is 4.42 Å². The zero-order valence-corrected chi connectivity index (χ0v) is 26.6. The van der Waals surface area contributed by atoms with E-state index in [-0.39, 0.29) is 11.8 Å². The number of hydrogen-bond acceptors (Lipinski definition) is 5. The number of benzene rings is 5. The highest BCUT2D eigenvalue weighted by atomic mass is 32.1. The molecule has 0 aliphatic heterocycles. The van der Waals surface area contributed by atoms with Gasteiger partial charge in [-0.2, -0.15) is 0 Å². The number of hydrogen-bond donors (Lipinski definition) is 0. The zero-order chi connectivity index (χ0) is 31.6. The second kappa shape index (κ2) is 10.8. The number of allylic oxidation sites excluding steroid dienone is 8. The van der Waals surface area contributed by atoms with Crippen molar-refractivity contribution in [3.63, 3.8) is 0 Å². The molecule has 5 heteroatoms. The average molecular weight is 634 g/mol. The fourth-order valence-electron chi connectivity index (χ4n) is 7.32. The second-order valence-electron chi connectivity index (χ2n) is 12.3. The minimum absolute atomic E-state index is 0.157. The molecule has 226 valence electrons. The number of thiophene rings is 1. The summed E-state index contributed by atoms with van der Waals surface area (Å²) >= 11 is 1.79. The van der Waals surface area contributed by atoms with Crippen LogP contribution in [0.25, 0.3) is 81.6 Å². The van der Waals surface area contributed by atoms with Crippen LogP contribution in [0.3, 0.4) is 0 Å². The standard InChI is InChI=1S/C43H27N3OS/c1-2-14-27-26(12-1)13-9-21-32(27)41-44-42(46-43(45-41)35-22-10-20-31-29-16-6-8-25-38(29)48-40(31)35)33-17-4-3-15-28(33)30-19-11-24-37-39(30)34-18-5-7-23-36(34)47-37/h1-27H. The van der Waals surface area contributed by atoms with Gasteiger partial charge < -0.3 is 4.42 Å². The van der Waals surface area contributed by atoms with Crippen molar-refractivity contribution >= 4 is 59.0 Å². The predicted molar refractivity (Wildman–Crippen MR) is 199 cm³/mol. The zero-order valence-electron chi connectivity index (χ0n) is 25.7. The van der Waals surface area contributed by atoms with E-state index in [1.165, 1.54) is 20.2 Å². The second-order valence-corrected chi connectivity index (χ2v) is 13.3. The molecular formula is C43H27N3OS. The molecule has 10 rings (SSSR count). The van der Waals surface area contributed by atoms with E-state index < -0.39 is 0 Å². The van der Waals surface area contributed by atoms with E-state index in [2.05, 4.69) is 134 Å². The smallest absolute Gasteiger partial charge is 0.165 e. The summed E-state index contributed by atoms with van der Waals surface area (Å²) in [7, 11) is 0. The minimum Gasteiger partial charge on any atom is -0.456 e. The average Bonchev–Trinajstić information content (AvgIpc) is 3.73. The molecule has 3 heterocycles. The molecule has 0 bridgehead atoms. The van der Waals surface area contributed by atoms with Crippen LogP contribution in [0.1, 0.15) is 5.82 Å². The first-order valence-electron chi connectivity index (χ1n) is 16.2. The van der Waals surface area contributed by atoms with Crippen LogP contribution >= 0.6 is 11.3 Å². The molecule has 48 heavy (non-hydrogen) atoms. The van der Waals surface area contributed by atoms with Gasteiger partial charge in [0.1, 0.15) is 11.2 Å². The van der Waals surface area contributed by atoms with Crippen molar-refractivity contribution in [3.8, 4) is 33.9 Å². The van der Waals surface area contributed by atoms with Crippen molar-refractivity contribution in [3.05, 3.63) is 158 Å². The lowest BCUT2D eigenvalue weighted by Crippen LogP contribution is -2.17. The lowest BCUT2D eigenvalue weighted by atomic mass is 9.79. The lowest BCUT2D eigenvalue weighted by Gasteiger charge is -2.26. The maximum atomic E-state index is 6.29. The van der Waals surface area contributed by atoms with Gasteiger partial charge in [0.25, 0.3) is 0 Å². The summed E-state index contributed by atoms with van der Waals surface area (Å²) in [6.45, 7) is 0. The SMILES string of the molecule is C1=CC2C=CC=C(c3nc(-c4ccccc4-c4cccc5oc6ccccc6c45)nc(-c4cccc5c4sc4ccccc45)n3)C2C=C1. The Morgan fingerprint density at radius 3 is 2.08 bits per heavy atom. The van der Waals surface area contributed by atoms with Crippen LogP contribution in [0, 0.1) is 11.8 Å². The van der Waals surface area contributed by atoms with Crippen LogP contribution in [-0.2, 0) is 0 Å². The van der Waals surface area contributed by atoms with Gasteiger partial charge in [-0.3, -0.25) is 0 Å². The molecule has 0 fully saturated rings. The molecule has 3 aromatic heterocycles. The Hall–Kier alpha value is -5.91. The van der Waals surface area contributed by atoms with Gasteiger partial charge in [-0.15, -0.1) is 11.3 Å². The lowest BCUT2D eigenvalue weighted by molar-refractivity contribution is 0.669. The van der Waals surface area contributed by atoms with Crippen molar-refractivity contribution in [2.75, 3.05) is 0 Å². The van der Waals surface area contributed by atoms with Crippen molar-refractivity contribution in [1.82, 2.24) is 15.0 Å². The highest BCUT2D eigenvalue weighted by Gasteiger charge is 2.27. The first kappa shape index (κ1) is 27.2. The predicted octanol–water partition coefficient (Wildman–Crippen LogP) is 11.5. The molecule has 2 aliphatic rings. The highest BCUT2D eigenvalue weighted by Crippen LogP contribution is 2.43. The van der Waals surface area contributed by atoms with Crippen LogP contribution in [-0.4, -0.2) is 15.0 Å². The highest BCUT2D eigenvalue weighted by molar-refractivity contribution is 7.26. The normalized spacial score (nSPS) is 17.0. The summed E-state index contributed by atoms with van der Waals surface area (Å²) in [5.74, 6) is 2.45. The molecule has 5 aromatic carbocycles. The molecule has 0 saturated heterocycles. The van der Waals surface area contributed by atoms with E-state index in [4.69, 9.17) is 19.4 Å². The fourth-order valence-corrected chi connectivity index (χ4v) is 8.53. The summed E-state index contributed by atoms with van der Waals surface area (Å²) in [6, 6.07) is 38.0. The van der Waals surface area contributed by atoms with Gasteiger partial charge in [0.2, 0.25) is 0 Å². The maximum absolute atomic E-state index is 6.29. The van der Waals surface area contributed by atoms with Gasteiger partial charge >= 0.3 is 0 Å². The summed E-state index contributed by atoms with van der Waals surface area (Å²) in [4.78, 5) is 15.8. The number of rotatable bonds is 4. The van der Waals surface area contributed by atoms with Crippen molar-refractivity contribution in [2.45, 2.75) is 0 Å². The number of nitrogens with zero attached hydrogens (tertiary/aromatic N) is 3. The van der Waals surface area contributed by atoms with Crippen molar-refractivity contribution in [1.29, 1.82) is 0 Å². The van der Waals surface area contributed by atoms with Gasteiger partial charge in [-0.1, -0.05) is 127 Å². The number of aromatic nitrogens is 3. The topological polar surface area (TPSA) is 51.8 Å². The summed E-state index contributed by atoms with van der Waals surface area (Å²) in [5, 5.41) is 4.65. The third-order valence-corrected chi connectivity index (χ3v) is 10.8. The number of furan rings is 1. The molecular weight excluding hydrogens is 607 g/mol. The first-order chi connectivity index (χ1) is 23.8. The monoisotopic (exact) mass is 633 g/mol. The van der Waals surface area contributed by atoms with E-state index in [9.17, 15) is 0 Å².